The number of nitrogens with zero attached hydrogens (tertiary/aromatic N) is 4. The summed E-state index contributed by atoms with van der Waals surface area (Å²) < 4.78 is 0. The number of piperidine rings is 1. The lowest BCUT2D eigenvalue weighted by atomic mass is 10.0. The molecule has 37 heavy (non-hydrogen) atoms. The largest absolute Gasteiger partial charge is 0.370 e. The minimum atomic E-state index is -0.319. The molecule has 0 aromatic carbocycles. The number of nitrogens with one attached hydrogen (secondary N) is 2. The van der Waals surface area contributed by atoms with E-state index in [1.54, 1.807) is 17.2 Å². The van der Waals surface area contributed by atoms with Crippen LogP contribution in [0.1, 0.15) is 47.7 Å². The van der Waals surface area contributed by atoms with Crippen molar-refractivity contribution in [3.05, 3.63) is 65.6 Å². The van der Waals surface area contributed by atoms with E-state index >= 15 is 0 Å². The Labute approximate surface area is 221 Å². The number of carbonyl (C=O) groups excluding carboxylic acids is 2. The van der Waals surface area contributed by atoms with E-state index in [0.29, 0.717) is 39.2 Å². The third-order valence-corrected chi connectivity index (χ3v) is 7.92. The smallest absolute Gasteiger partial charge is 0.331 e. The summed E-state index contributed by atoms with van der Waals surface area (Å²) >= 11 is 1.30. The van der Waals surface area contributed by atoms with Crippen LogP contribution >= 0.6 is 11.3 Å². The zero-order chi connectivity index (χ0) is 26.3. The molecule has 8 nitrogen and oxygen atoms in total. The van der Waals surface area contributed by atoms with Gasteiger partial charge in [0.1, 0.15) is 9.71 Å². The third kappa shape index (κ3) is 4.71. The summed E-state index contributed by atoms with van der Waals surface area (Å²) in [5.74, 6) is 0.288. The molecule has 3 aromatic rings. The van der Waals surface area contributed by atoms with Crippen molar-refractivity contribution in [1.29, 1.82) is 0 Å². The summed E-state index contributed by atoms with van der Waals surface area (Å²) in [5.41, 5.74) is 4.57. The molecular formula is C28H32N6O2S. The molecule has 3 aromatic heterocycles. The number of urea groups is 1. The topological polar surface area (TPSA) is 90.5 Å². The Morgan fingerprint density at radius 2 is 2.14 bits per heavy atom. The molecule has 2 aliphatic rings. The van der Waals surface area contributed by atoms with Gasteiger partial charge in [-0.1, -0.05) is 27.0 Å². The van der Waals surface area contributed by atoms with E-state index in [0.717, 1.165) is 48.3 Å². The highest BCUT2D eigenvalue weighted by atomic mass is 32.1. The number of hydrogen-bond acceptors (Lipinski definition) is 6. The maximum Gasteiger partial charge on any atom is 0.331 e. The minimum absolute atomic E-state index is 0.0170. The van der Waals surface area contributed by atoms with Crippen LogP contribution in [0.25, 0.3) is 10.2 Å². The number of thiophene rings is 1. The highest BCUT2D eigenvalue weighted by molar-refractivity contribution is 7.21. The second-order valence-electron chi connectivity index (χ2n) is 10.0. The lowest BCUT2D eigenvalue weighted by molar-refractivity contribution is 0.0920. The monoisotopic (exact) mass is 516 g/mol. The number of carbonyl (C=O) groups is 2. The van der Waals surface area contributed by atoms with Crippen molar-refractivity contribution in [1.82, 2.24) is 20.2 Å². The highest BCUT2D eigenvalue weighted by Gasteiger charge is 2.34. The van der Waals surface area contributed by atoms with Crippen LogP contribution in [-0.2, 0) is 6.42 Å². The third-order valence-electron chi connectivity index (χ3n) is 6.82. The summed E-state index contributed by atoms with van der Waals surface area (Å²) in [7, 11) is 0. The normalized spacial score (nSPS) is 17.2. The van der Waals surface area contributed by atoms with Crippen LogP contribution in [0.4, 0.5) is 21.9 Å². The van der Waals surface area contributed by atoms with Gasteiger partial charge in [0.05, 0.1) is 28.1 Å². The van der Waals surface area contributed by atoms with Crippen LogP contribution < -0.4 is 15.5 Å². The fourth-order valence-corrected chi connectivity index (χ4v) is 6.12. The van der Waals surface area contributed by atoms with Crippen LogP contribution in [0.3, 0.4) is 0 Å². The van der Waals surface area contributed by atoms with Crippen LogP contribution in [-0.4, -0.2) is 45.9 Å². The summed E-state index contributed by atoms with van der Waals surface area (Å²) in [6.07, 6.45) is 6.14. The van der Waals surface area contributed by atoms with E-state index in [9.17, 15) is 9.59 Å². The molecule has 192 valence electrons. The lowest BCUT2D eigenvalue weighted by Gasteiger charge is -2.35. The van der Waals surface area contributed by atoms with E-state index in [1.807, 2.05) is 25.1 Å². The number of aromatic nitrogens is 2. The average molecular weight is 517 g/mol. The second kappa shape index (κ2) is 9.97. The van der Waals surface area contributed by atoms with Crippen LogP contribution in [0.15, 0.2) is 49.3 Å². The van der Waals surface area contributed by atoms with Crippen molar-refractivity contribution < 1.29 is 9.59 Å². The highest BCUT2D eigenvalue weighted by Crippen LogP contribution is 2.46. The van der Waals surface area contributed by atoms with Crippen molar-refractivity contribution in [2.75, 3.05) is 23.3 Å². The predicted octanol–water partition coefficient (Wildman–Crippen LogP) is 5.78. The molecule has 0 radical (unpaired) electrons. The van der Waals surface area contributed by atoms with E-state index in [1.165, 1.54) is 11.3 Å². The number of hydrogen-bond donors (Lipinski definition) is 2. The Morgan fingerprint density at radius 3 is 2.86 bits per heavy atom. The average Bonchev–Trinajstić information content (AvgIpc) is 3.24. The molecule has 1 fully saturated rings. The molecule has 1 atom stereocenters. The first-order valence-corrected chi connectivity index (χ1v) is 13.4. The van der Waals surface area contributed by atoms with Gasteiger partial charge in [-0.05, 0) is 56.4 Å². The molecule has 0 spiro atoms. The van der Waals surface area contributed by atoms with Crippen molar-refractivity contribution in [2.24, 2.45) is 5.92 Å². The Morgan fingerprint density at radius 1 is 1.32 bits per heavy atom. The number of aryl methyl sites for hydroxylation is 1. The van der Waals surface area contributed by atoms with Crippen LogP contribution in [0.5, 0.6) is 0 Å². The van der Waals surface area contributed by atoms with E-state index in [-0.39, 0.29) is 18.0 Å². The van der Waals surface area contributed by atoms with Crippen LogP contribution in [0.2, 0.25) is 0 Å². The Bertz CT molecular complexity index is 1410. The van der Waals surface area contributed by atoms with Gasteiger partial charge in [-0.3, -0.25) is 14.7 Å². The number of pyridine rings is 2. The predicted molar refractivity (Wildman–Crippen MR) is 150 cm³/mol. The summed E-state index contributed by atoms with van der Waals surface area (Å²) in [6, 6.07) is 5.41. The molecule has 3 amide bonds. The molecule has 9 heteroatoms. The summed E-state index contributed by atoms with van der Waals surface area (Å²) in [6.45, 7) is 15.7. The van der Waals surface area contributed by atoms with E-state index in [2.05, 4.69) is 47.5 Å². The molecule has 1 saturated heterocycles. The van der Waals surface area contributed by atoms with Crippen molar-refractivity contribution in [3.63, 3.8) is 0 Å². The zero-order valence-corrected chi connectivity index (χ0v) is 22.3. The number of amides is 3. The Balaban J connectivity index is 1.46. The maximum absolute atomic E-state index is 13.4. The van der Waals surface area contributed by atoms with Gasteiger partial charge in [0, 0.05) is 36.7 Å². The number of rotatable bonds is 7. The molecule has 0 saturated carbocycles. The first kappa shape index (κ1) is 25.0. The summed E-state index contributed by atoms with van der Waals surface area (Å²) in [4.78, 5) is 41.1. The Kier molecular flexibility index (Phi) is 6.72. The molecule has 2 aliphatic heterocycles. The quantitative estimate of drug-likeness (QED) is 0.389. The minimum Gasteiger partial charge on any atom is -0.370 e. The van der Waals surface area contributed by atoms with Gasteiger partial charge in [-0.25, -0.2) is 9.78 Å². The maximum atomic E-state index is 13.4. The second-order valence-corrected chi connectivity index (χ2v) is 11.0. The van der Waals surface area contributed by atoms with E-state index in [4.69, 9.17) is 4.98 Å². The molecular weight excluding hydrogens is 484 g/mol. The summed E-state index contributed by atoms with van der Waals surface area (Å²) in [5, 5.41) is 6.92. The Hall–Kier alpha value is -3.72. The zero-order valence-electron chi connectivity index (χ0n) is 21.5. The fraction of sp³-hybridized carbons (Fsp3) is 0.357. The molecule has 5 rings (SSSR count). The standard InChI is InChI=1S/C28H32N6O2S/c1-6-17(4)33-13-7-8-20(15-33)31-26(35)25-24-23-22(11-12-29-27(23)37-25)34(28(36)32-24)21-10-9-19(14-16(2)3)30-18(21)5/h6,9-12,16,20H,1,4,7-8,13-15H2,2-3,5H3,(H,31,35)(H,32,36)/t20-/m1/s1. The first-order chi connectivity index (χ1) is 17.8. The van der Waals surface area contributed by atoms with Gasteiger partial charge in [0.15, 0.2) is 0 Å². The number of allylic oxidation sites excluding steroid dienone is 1. The lowest BCUT2D eigenvalue weighted by Crippen LogP contribution is -2.47. The van der Waals surface area contributed by atoms with Crippen molar-refractivity contribution in [3.8, 4) is 0 Å². The molecule has 0 unspecified atom stereocenters. The van der Waals surface area contributed by atoms with Gasteiger partial charge >= 0.3 is 6.03 Å². The molecule has 2 N–H and O–H groups in total. The fourth-order valence-electron chi connectivity index (χ4n) is 5.09. The van der Waals surface area contributed by atoms with E-state index < -0.39 is 0 Å². The SMILES string of the molecule is C=CC(=C)N1CCC[C@@H](NC(=O)c2sc3nccc4c3c2NC(=O)N4c2ccc(CC(C)C)nc2C)C1. The van der Waals surface area contributed by atoms with Crippen LogP contribution in [0, 0.1) is 12.8 Å². The molecule has 5 heterocycles. The number of anilines is 3. The van der Waals surface area contributed by atoms with Gasteiger partial charge in [-0.2, -0.15) is 0 Å². The first-order valence-electron chi connectivity index (χ1n) is 12.6. The van der Waals surface area contributed by atoms with Crippen molar-refractivity contribution >= 4 is 50.6 Å². The van der Waals surface area contributed by atoms with Gasteiger partial charge in [-0.15, -0.1) is 11.3 Å². The number of likely N-dealkylation sites (tertiary alicyclic amines) is 1. The molecule has 0 aliphatic carbocycles. The van der Waals surface area contributed by atoms with Gasteiger partial charge in [0.2, 0.25) is 0 Å². The molecule has 0 bridgehead atoms. The van der Waals surface area contributed by atoms with Gasteiger partial charge in [0.25, 0.3) is 5.91 Å². The van der Waals surface area contributed by atoms with Gasteiger partial charge < -0.3 is 15.5 Å². The van der Waals surface area contributed by atoms with Crippen molar-refractivity contribution in [2.45, 2.75) is 46.1 Å².